The molecular formula is C21H42N2O5S. The summed E-state index contributed by atoms with van der Waals surface area (Å²) in [6.45, 7) is 16.5. The first kappa shape index (κ1) is 28.6. The third kappa shape index (κ3) is 20.6. The molecule has 0 saturated heterocycles. The van der Waals surface area contributed by atoms with E-state index in [1.807, 2.05) is 6.92 Å². The van der Waals surface area contributed by atoms with Crippen LogP contribution in [0.3, 0.4) is 0 Å². The Bertz CT molecular complexity index is 379. The second-order valence-corrected chi connectivity index (χ2v) is 8.92. The smallest absolute Gasteiger partial charge is 0.136 e. The minimum Gasteiger partial charge on any atom is -0.379 e. The fraction of sp³-hybridized carbons (Fsp3) is 0.952. The van der Waals surface area contributed by atoms with E-state index < -0.39 is 4.93 Å². The van der Waals surface area contributed by atoms with Gasteiger partial charge in [0.15, 0.2) is 0 Å². The molecule has 0 heterocycles. The molecule has 0 saturated carbocycles. The van der Waals surface area contributed by atoms with Crippen LogP contribution in [0, 0.1) is 16.6 Å². The quantitative estimate of drug-likeness (QED) is 0.167. The second kappa shape index (κ2) is 19.6. The number of thiocyanates is 1. The maximum atomic E-state index is 9.04. The molecule has 29 heavy (non-hydrogen) atoms. The van der Waals surface area contributed by atoms with Gasteiger partial charge in [-0.3, -0.25) is 0 Å². The molecule has 0 aromatic heterocycles. The van der Waals surface area contributed by atoms with Crippen molar-refractivity contribution in [3.8, 4) is 5.40 Å². The van der Waals surface area contributed by atoms with Gasteiger partial charge in [0, 0.05) is 25.6 Å². The number of rotatable bonds is 21. The minimum absolute atomic E-state index is 0.434. The molecule has 0 spiro atoms. The lowest BCUT2D eigenvalue weighted by molar-refractivity contribution is -0.0337. The summed E-state index contributed by atoms with van der Waals surface area (Å²) in [6.07, 6.45) is 1.69. The normalized spacial score (nSPS) is 13.7. The topological polar surface area (TPSA) is 82.0 Å². The monoisotopic (exact) mass is 434 g/mol. The number of nitrogens with one attached hydrogen (secondary N) is 1. The zero-order chi connectivity index (χ0) is 21.8. The number of ether oxygens (including phenoxy) is 5. The van der Waals surface area contributed by atoms with E-state index in [9.17, 15) is 0 Å². The van der Waals surface area contributed by atoms with E-state index in [1.165, 1.54) is 0 Å². The zero-order valence-corrected chi connectivity index (χ0v) is 19.9. The molecule has 0 rings (SSSR count). The van der Waals surface area contributed by atoms with Gasteiger partial charge in [-0.25, -0.2) is 0 Å². The summed E-state index contributed by atoms with van der Waals surface area (Å²) in [5, 5.41) is 14.5. The van der Waals surface area contributed by atoms with Gasteiger partial charge in [-0.05, 0) is 31.0 Å². The Morgan fingerprint density at radius 1 is 0.828 bits per heavy atom. The molecule has 0 aromatic carbocycles. The molecule has 1 atom stereocenters. The highest BCUT2D eigenvalue weighted by Gasteiger charge is 2.26. The van der Waals surface area contributed by atoms with Crippen molar-refractivity contribution in [1.82, 2.24) is 5.32 Å². The Labute approximate surface area is 182 Å². The summed E-state index contributed by atoms with van der Waals surface area (Å²) >= 11 is 1.12. The fourth-order valence-electron chi connectivity index (χ4n) is 2.21. The van der Waals surface area contributed by atoms with E-state index in [2.05, 4.69) is 38.4 Å². The van der Waals surface area contributed by atoms with Crippen LogP contribution >= 0.6 is 11.8 Å². The lowest BCUT2D eigenvalue weighted by Gasteiger charge is -2.26. The standard InChI is InChI=1S/C21H42N2O5S/c1-19(2)6-9-24-12-15-27-16-17-28-21(5,29-18-22)7-10-25-13-14-26-11-8-23-20(3)4/h19-20,23H,6-17H2,1-5H3. The van der Waals surface area contributed by atoms with Crippen molar-refractivity contribution in [2.45, 2.75) is 58.4 Å². The number of nitrogens with zero attached hydrogens (tertiary/aromatic N) is 1. The van der Waals surface area contributed by atoms with Gasteiger partial charge in [0.05, 0.1) is 52.9 Å². The molecule has 7 nitrogen and oxygen atoms in total. The van der Waals surface area contributed by atoms with Crippen LogP contribution in [0.25, 0.3) is 0 Å². The molecule has 172 valence electrons. The Balaban J connectivity index is 3.67. The molecule has 0 aromatic rings. The summed E-state index contributed by atoms with van der Waals surface area (Å²) in [4.78, 5) is -0.603. The third-order valence-corrected chi connectivity index (χ3v) is 4.82. The van der Waals surface area contributed by atoms with Gasteiger partial charge in [-0.2, -0.15) is 5.26 Å². The molecule has 0 radical (unpaired) electrons. The molecule has 0 bridgehead atoms. The van der Waals surface area contributed by atoms with Crippen molar-refractivity contribution in [2.75, 3.05) is 66.0 Å². The maximum Gasteiger partial charge on any atom is 0.136 e. The predicted molar refractivity (Wildman–Crippen MR) is 118 cm³/mol. The highest BCUT2D eigenvalue weighted by molar-refractivity contribution is 8.04. The van der Waals surface area contributed by atoms with Crippen LogP contribution in [0.4, 0.5) is 0 Å². The SMILES string of the molecule is CC(C)CCOCCOCCOC(C)(CCOCCOCCNC(C)C)SC#N. The maximum absolute atomic E-state index is 9.04. The van der Waals surface area contributed by atoms with Gasteiger partial charge < -0.3 is 29.0 Å². The summed E-state index contributed by atoms with van der Waals surface area (Å²) in [6, 6.07) is 0.471. The first-order valence-electron chi connectivity index (χ1n) is 10.6. The van der Waals surface area contributed by atoms with Crippen molar-refractivity contribution < 1.29 is 23.7 Å². The number of hydrogen-bond acceptors (Lipinski definition) is 8. The van der Waals surface area contributed by atoms with Gasteiger partial charge in [-0.15, -0.1) is 0 Å². The van der Waals surface area contributed by atoms with E-state index in [0.717, 1.165) is 31.3 Å². The molecule has 1 N–H and O–H groups in total. The highest BCUT2D eigenvalue weighted by atomic mass is 32.2. The number of thioether (sulfide) groups is 1. The third-order valence-electron chi connectivity index (χ3n) is 3.98. The minimum atomic E-state index is -0.603. The first-order chi connectivity index (χ1) is 13.9. The van der Waals surface area contributed by atoms with Gasteiger partial charge in [-0.1, -0.05) is 27.7 Å². The van der Waals surface area contributed by atoms with Crippen LogP contribution in [0.15, 0.2) is 0 Å². The number of hydrogen-bond donors (Lipinski definition) is 1. The van der Waals surface area contributed by atoms with Crippen LogP contribution in [-0.2, 0) is 23.7 Å². The summed E-state index contributed by atoms with van der Waals surface area (Å²) < 4.78 is 28.0. The predicted octanol–water partition coefficient (Wildman–Crippen LogP) is 3.43. The van der Waals surface area contributed by atoms with Crippen LogP contribution in [0.2, 0.25) is 0 Å². The molecule has 1 unspecified atom stereocenters. The lowest BCUT2D eigenvalue weighted by atomic mass is 10.1. The molecule has 0 amide bonds. The summed E-state index contributed by atoms with van der Waals surface area (Å²) in [7, 11) is 0. The summed E-state index contributed by atoms with van der Waals surface area (Å²) in [5.74, 6) is 0.656. The van der Waals surface area contributed by atoms with Crippen molar-refractivity contribution in [3.63, 3.8) is 0 Å². The van der Waals surface area contributed by atoms with Gasteiger partial charge in [0.2, 0.25) is 0 Å². The van der Waals surface area contributed by atoms with E-state index in [0.29, 0.717) is 71.2 Å². The van der Waals surface area contributed by atoms with Gasteiger partial charge >= 0.3 is 0 Å². The molecule has 0 aliphatic rings. The molecule has 0 aliphatic heterocycles. The van der Waals surface area contributed by atoms with Crippen molar-refractivity contribution in [2.24, 2.45) is 5.92 Å². The Hall–Kier alpha value is -0.400. The zero-order valence-electron chi connectivity index (χ0n) is 19.0. The largest absolute Gasteiger partial charge is 0.379 e. The average Bonchev–Trinajstić information content (AvgIpc) is 2.65. The van der Waals surface area contributed by atoms with Crippen LogP contribution in [-0.4, -0.2) is 77.0 Å². The van der Waals surface area contributed by atoms with E-state index in [1.54, 1.807) is 0 Å². The van der Waals surface area contributed by atoms with Gasteiger partial charge in [0.1, 0.15) is 10.3 Å². The van der Waals surface area contributed by atoms with Crippen LogP contribution in [0.1, 0.15) is 47.5 Å². The van der Waals surface area contributed by atoms with Crippen LogP contribution in [0.5, 0.6) is 0 Å². The van der Waals surface area contributed by atoms with E-state index in [4.69, 9.17) is 28.9 Å². The van der Waals surface area contributed by atoms with Gasteiger partial charge in [0.25, 0.3) is 0 Å². The fourth-order valence-corrected chi connectivity index (χ4v) is 2.73. The second-order valence-electron chi connectivity index (χ2n) is 7.67. The Morgan fingerprint density at radius 3 is 1.97 bits per heavy atom. The Kier molecular flexibility index (Phi) is 19.3. The van der Waals surface area contributed by atoms with E-state index in [-0.39, 0.29) is 0 Å². The average molecular weight is 435 g/mol. The van der Waals surface area contributed by atoms with E-state index >= 15 is 0 Å². The molecule has 0 aliphatic carbocycles. The van der Waals surface area contributed by atoms with Crippen molar-refractivity contribution in [1.29, 1.82) is 5.26 Å². The van der Waals surface area contributed by atoms with Crippen LogP contribution < -0.4 is 5.32 Å². The molecular weight excluding hydrogens is 392 g/mol. The highest BCUT2D eigenvalue weighted by Crippen LogP contribution is 2.29. The number of nitriles is 1. The first-order valence-corrected chi connectivity index (χ1v) is 11.5. The van der Waals surface area contributed by atoms with Crippen molar-refractivity contribution in [3.05, 3.63) is 0 Å². The Morgan fingerprint density at radius 2 is 1.38 bits per heavy atom. The lowest BCUT2D eigenvalue weighted by Crippen LogP contribution is -2.28. The summed E-state index contributed by atoms with van der Waals surface area (Å²) in [5.41, 5.74) is 0. The van der Waals surface area contributed by atoms with Crippen molar-refractivity contribution >= 4 is 11.8 Å². The molecule has 8 heteroatoms. The molecule has 0 fully saturated rings.